The number of hydrogen-bond donors (Lipinski definition) is 1. The molecule has 0 aliphatic rings. The summed E-state index contributed by atoms with van der Waals surface area (Å²) < 4.78 is 11.3. The fraction of sp³-hybridized carbons (Fsp3) is 0.400. The van der Waals surface area contributed by atoms with Crippen molar-refractivity contribution in [2.45, 2.75) is 10.9 Å². The first-order chi connectivity index (χ1) is 11.6. The molecular formula is C15H20N4O3S2. The fourth-order valence-corrected chi connectivity index (χ4v) is 3.59. The topological polar surface area (TPSA) is 76.6 Å². The lowest BCUT2D eigenvalue weighted by molar-refractivity contribution is -0.127. The maximum atomic E-state index is 12.3. The zero-order valence-corrected chi connectivity index (χ0v) is 15.7. The van der Waals surface area contributed by atoms with Crippen LogP contribution in [0.3, 0.4) is 0 Å². The molecule has 0 radical (unpaired) electrons. The van der Waals surface area contributed by atoms with Gasteiger partial charge in [-0.15, -0.1) is 10.2 Å². The third-order valence-electron chi connectivity index (χ3n) is 3.23. The number of thioether (sulfide) groups is 1. The molecule has 0 saturated carbocycles. The quantitative estimate of drug-likeness (QED) is 0.717. The number of carbonyl (C=O) groups is 1. The van der Waals surface area contributed by atoms with Crippen LogP contribution in [-0.4, -0.2) is 55.1 Å². The number of rotatable bonds is 8. The van der Waals surface area contributed by atoms with E-state index >= 15 is 0 Å². The van der Waals surface area contributed by atoms with Crippen LogP contribution in [0, 0.1) is 0 Å². The summed E-state index contributed by atoms with van der Waals surface area (Å²) >= 11 is 2.81. The third-order valence-corrected chi connectivity index (χ3v) is 5.29. The average molecular weight is 368 g/mol. The molecular weight excluding hydrogens is 348 g/mol. The van der Waals surface area contributed by atoms with E-state index in [1.807, 2.05) is 18.2 Å². The Labute approximate surface area is 149 Å². The van der Waals surface area contributed by atoms with Crippen LogP contribution in [0.15, 0.2) is 22.5 Å². The molecule has 1 heterocycles. The SMILES string of the molecule is CNc1nnc(SCC(=O)N(C)Cc2ccc(OC)c(OC)c2)s1. The Morgan fingerprint density at radius 1 is 1.29 bits per heavy atom. The minimum atomic E-state index is 0.0241. The van der Waals surface area contributed by atoms with Gasteiger partial charge < -0.3 is 19.7 Å². The van der Waals surface area contributed by atoms with Crippen LogP contribution in [-0.2, 0) is 11.3 Å². The summed E-state index contributed by atoms with van der Waals surface area (Å²) in [5.41, 5.74) is 0.974. The highest BCUT2D eigenvalue weighted by Crippen LogP contribution is 2.28. The number of nitrogens with zero attached hydrogens (tertiary/aromatic N) is 3. The van der Waals surface area contributed by atoms with Crippen LogP contribution < -0.4 is 14.8 Å². The first-order valence-corrected chi connectivity index (χ1v) is 8.96. The van der Waals surface area contributed by atoms with Gasteiger partial charge in [0.2, 0.25) is 11.0 Å². The van der Waals surface area contributed by atoms with Crippen molar-refractivity contribution in [1.82, 2.24) is 15.1 Å². The number of amides is 1. The van der Waals surface area contributed by atoms with Crippen molar-refractivity contribution in [2.24, 2.45) is 0 Å². The van der Waals surface area contributed by atoms with Gasteiger partial charge in [0.25, 0.3) is 0 Å². The maximum Gasteiger partial charge on any atom is 0.233 e. The Kier molecular flexibility index (Phi) is 6.68. The van der Waals surface area contributed by atoms with Gasteiger partial charge in [0, 0.05) is 20.6 Å². The van der Waals surface area contributed by atoms with Crippen molar-refractivity contribution in [3.63, 3.8) is 0 Å². The van der Waals surface area contributed by atoms with Crippen molar-refractivity contribution >= 4 is 34.1 Å². The molecule has 2 rings (SSSR count). The maximum absolute atomic E-state index is 12.3. The predicted molar refractivity (Wildman–Crippen MR) is 96.2 cm³/mol. The van der Waals surface area contributed by atoms with Gasteiger partial charge in [-0.05, 0) is 17.7 Å². The van der Waals surface area contributed by atoms with Gasteiger partial charge in [-0.2, -0.15) is 0 Å². The Balaban J connectivity index is 1.91. The number of nitrogens with one attached hydrogen (secondary N) is 1. The van der Waals surface area contributed by atoms with E-state index in [4.69, 9.17) is 9.47 Å². The standard InChI is InChI=1S/C15H20N4O3S2/c1-16-14-17-18-15(24-14)23-9-13(20)19(2)8-10-5-6-11(21-3)12(7-10)22-4/h5-7H,8-9H2,1-4H3,(H,16,17). The monoisotopic (exact) mass is 368 g/mol. The van der Waals surface area contributed by atoms with Crippen LogP contribution in [0.1, 0.15) is 5.56 Å². The van der Waals surface area contributed by atoms with E-state index in [0.29, 0.717) is 23.8 Å². The third kappa shape index (κ3) is 4.75. The second-order valence-electron chi connectivity index (χ2n) is 4.85. The molecule has 1 aromatic heterocycles. The number of carbonyl (C=O) groups excluding carboxylic acids is 1. The summed E-state index contributed by atoms with van der Waals surface area (Å²) in [5.74, 6) is 1.67. The number of methoxy groups -OCH3 is 2. The van der Waals surface area contributed by atoms with Gasteiger partial charge in [-0.25, -0.2) is 0 Å². The molecule has 0 bridgehead atoms. The van der Waals surface area contributed by atoms with E-state index < -0.39 is 0 Å². The number of benzene rings is 1. The van der Waals surface area contributed by atoms with Crippen molar-refractivity contribution < 1.29 is 14.3 Å². The average Bonchev–Trinajstić information content (AvgIpc) is 3.07. The largest absolute Gasteiger partial charge is 0.493 e. The summed E-state index contributed by atoms with van der Waals surface area (Å²) in [6, 6.07) is 5.63. The molecule has 0 atom stereocenters. The summed E-state index contributed by atoms with van der Waals surface area (Å²) in [6.45, 7) is 0.498. The van der Waals surface area contributed by atoms with E-state index in [1.54, 1.807) is 33.2 Å². The van der Waals surface area contributed by atoms with Crippen molar-refractivity contribution in [3.05, 3.63) is 23.8 Å². The van der Waals surface area contributed by atoms with Gasteiger partial charge >= 0.3 is 0 Å². The normalized spacial score (nSPS) is 10.3. The molecule has 7 nitrogen and oxygen atoms in total. The van der Waals surface area contributed by atoms with Gasteiger partial charge in [-0.1, -0.05) is 29.2 Å². The summed E-state index contributed by atoms with van der Waals surface area (Å²) in [6.07, 6.45) is 0. The Bertz CT molecular complexity index is 693. The molecule has 24 heavy (non-hydrogen) atoms. The van der Waals surface area contributed by atoms with E-state index in [0.717, 1.165) is 15.0 Å². The molecule has 9 heteroatoms. The zero-order valence-electron chi connectivity index (χ0n) is 14.0. The first kappa shape index (κ1) is 18.3. The smallest absolute Gasteiger partial charge is 0.233 e. The lowest BCUT2D eigenvalue weighted by Crippen LogP contribution is -2.27. The molecule has 1 amide bonds. The minimum absolute atomic E-state index is 0.0241. The number of anilines is 1. The number of hydrogen-bond acceptors (Lipinski definition) is 8. The van der Waals surface area contributed by atoms with E-state index in [9.17, 15) is 4.79 Å². The second-order valence-corrected chi connectivity index (χ2v) is 7.05. The van der Waals surface area contributed by atoms with Crippen molar-refractivity contribution in [3.8, 4) is 11.5 Å². The van der Waals surface area contributed by atoms with Gasteiger partial charge in [0.15, 0.2) is 15.8 Å². The highest BCUT2D eigenvalue weighted by molar-refractivity contribution is 8.01. The Morgan fingerprint density at radius 2 is 2.04 bits per heavy atom. The molecule has 1 N–H and O–H groups in total. The molecule has 2 aromatic rings. The van der Waals surface area contributed by atoms with E-state index in [-0.39, 0.29) is 5.91 Å². The predicted octanol–water partition coefficient (Wildman–Crippen LogP) is 2.35. The van der Waals surface area contributed by atoms with Crippen LogP contribution in [0.5, 0.6) is 11.5 Å². The summed E-state index contributed by atoms with van der Waals surface area (Å²) in [5, 5.41) is 11.6. The molecule has 0 spiro atoms. The van der Waals surface area contributed by atoms with Crippen LogP contribution in [0.2, 0.25) is 0 Å². The second kappa shape index (κ2) is 8.74. The molecule has 0 saturated heterocycles. The van der Waals surface area contributed by atoms with Gasteiger partial charge in [0.1, 0.15) is 0 Å². The van der Waals surface area contributed by atoms with Crippen molar-refractivity contribution in [1.29, 1.82) is 0 Å². The zero-order chi connectivity index (χ0) is 17.5. The van der Waals surface area contributed by atoms with Crippen LogP contribution >= 0.6 is 23.1 Å². The molecule has 0 aliphatic heterocycles. The summed E-state index contributed by atoms with van der Waals surface area (Å²) in [4.78, 5) is 13.9. The number of ether oxygens (including phenoxy) is 2. The van der Waals surface area contributed by atoms with Gasteiger partial charge in [-0.3, -0.25) is 4.79 Å². The molecule has 0 fully saturated rings. The lowest BCUT2D eigenvalue weighted by atomic mass is 10.2. The van der Waals surface area contributed by atoms with Crippen molar-refractivity contribution in [2.75, 3.05) is 39.4 Å². The lowest BCUT2D eigenvalue weighted by Gasteiger charge is -2.18. The summed E-state index contributed by atoms with van der Waals surface area (Å²) in [7, 11) is 6.75. The molecule has 0 unspecified atom stereocenters. The Morgan fingerprint density at radius 3 is 2.67 bits per heavy atom. The highest BCUT2D eigenvalue weighted by atomic mass is 32.2. The fourth-order valence-electron chi connectivity index (χ4n) is 1.94. The van der Waals surface area contributed by atoms with Crippen LogP contribution in [0.4, 0.5) is 5.13 Å². The highest BCUT2D eigenvalue weighted by Gasteiger charge is 2.13. The molecule has 1 aromatic carbocycles. The minimum Gasteiger partial charge on any atom is -0.493 e. The molecule has 0 aliphatic carbocycles. The molecule has 130 valence electrons. The Hall–Kier alpha value is -2.00. The van der Waals surface area contributed by atoms with Gasteiger partial charge in [0.05, 0.1) is 20.0 Å². The van der Waals surface area contributed by atoms with E-state index in [1.165, 1.54) is 23.1 Å². The van der Waals surface area contributed by atoms with Crippen LogP contribution in [0.25, 0.3) is 0 Å². The number of aromatic nitrogens is 2. The first-order valence-electron chi connectivity index (χ1n) is 7.16. The van der Waals surface area contributed by atoms with E-state index in [2.05, 4.69) is 15.5 Å².